The van der Waals surface area contributed by atoms with Gasteiger partial charge in [0.1, 0.15) is 12.4 Å². The lowest BCUT2D eigenvalue weighted by Gasteiger charge is -2.34. The van der Waals surface area contributed by atoms with E-state index in [-0.39, 0.29) is 15.7 Å². The van der Waals surface area contributed by atoms with Gasteiger partial charge >= 0.3 is 5.97 Å². The molecule has 31 heavy (non-hydrogen) atoms. The number of ether oxygens (including phenoxy) is 1. The molecule has 1 aromatic carbocycles. The molecule has 2 atom stereocenters. The van der Waals surface area contributed by atoms with Gasteiger partial charge in [0.25, 0.3) is 5.91 Å². The second-order valence-electron chi connectivity index (χ2n) is 8.96. The third kappa shape index (κ3) is 4.36. The number of esters is 1. The van der Waals surface area contributed by atoms with Gasteiger partial charge in [-0.05, 0) is 54.9 Å². The van der Waals surface area contributed by atoms with Crippen molar-refractivity contribution in [3.05, 3.63) is 30.1 Å². The highest BCUT2D eigenvalue weighted by molar-refractivity contribution is 7.89. The van der Waals surface area contributed by atoms with Gasteiger partial charge in [-0.15, -0.1) is 0 Å². The average Bonchev–Trinajstić information content (AvgIpc) is 3.04. The van der Waals surface area contributed by atoms with Crippen LogP contribution in [0.25, 0.3) is 0 Å². The van der Waals surface area contributed by atoms with Gasteiger partial charge in [0, 0.05) is 18.2 Å². The van der Waals surface area contributed by atoms with Crippen molar-refractivity contribution in [3.8, 4) is 0 Å². The Labute approximate surface area is 181 Å². The zero-order valence-corrected chi connectivity index (χ0v) is 19.0. The molecule has 1 amide bonds. The number of fused-ring (bicyclic) bond motifs is 2. The second-order valence-corrected chi connectivity index (χ2v) is 11.0. The smallest absolute Gasteiger partial charge is 0.321 e. The lowest BCUT2D eigenvalue weighted by atomic mass is 9.70. The number of carbonyl (C=O) groups is 2. The number of amides is 1. The summed E-state index contributed by atoms with van der Waals surface area (Å²) in [6, 6.07) is 4.25. The molecule has 0 saturated heterocycles. The van der Waals surface area contributed by atoms with Crippen molar-refractivity contribution in [2.45, 2.75) is 44.9 Å². The molecule has 1 N–H and O–H groups in total. The van der Waals surface area contributed by atoms with Crippen LogP contribution in [0.4, 0.5) is 4.39 Å². The minimum atomic E-state index is -3.99. The number of rotatable bonds is 7. The van der Waals surface area contributed by atoms with Gasteiger partial charge < -0.3 is 4.74 Å². The maximum atomic E-state index is 13.0. The van der Waals surface area contributed by atoms with E-state index in [2.05, 4.69) is 31.3 Å². The van der Waals surface area contributed by atoms with Gasteiger partial charge in [0.2, 0.25) is 10.0 Å². The van der Waals surface area contributed by atoms with Gasteiger partial charge in [-0.2, -0.15) is 9.41 Å². The number of nitrogens with zero attached hydrogens (tertiary/aromatic N) is 2. The van der Waals surface area contributed by atoms with Gasteiger partial charge in [0.05, 0.1) is 4.90 Å². The number of benzene rings is 1. The van der Waals surface area contributed by atoms with E-state index < -0.39 is 40.9 Å². The number of carbonyl (C=O) groups excluding carboxylic acids is 2. The predicted octanol–water partition coefficient (Wildman–Crippen LogP) is 2.31. The van der Waals surface area contributed by atoms with Gasteiger partial charge in [-0.25, -0.2) is 18.2 Å². The molecule has 170 valence electrons. The molecule has 0 radical (unpaired) electrons. The summed E-state index contributed by atoms with van der Waals surface area (Å²) in [5.41, 5.74) is 3.48. The molecule has 10 heteroatoms. The summed E-state index contributed by atoms with van der Waals surface area (Å²) in [4.78, 5) is 23.9. The van der Waals surface area contributed by atoms with E-state index >= 15 is 0 Å². The Morgan fingerprint density at radius 3 is 2.45 bits per heavy atom. The van der Waals surface area contributed by atoms with E-state index in [1.807, 2.05) is 0 Å². The van der Waals surface area contributed by atoms with Crippen LogP contribution < -0.4 is 5.43 Å². The van der Waals surface area contributed by atoms with Crippen molar-refractivity contribution in [2.75, 3.05) is 20.2 Å². The van der Waals surface area contributed by atoms with E-state index in [9.17, 15) is 22.4 Å². The molecule has 0 aliphatic heterocycles. The molecule has 0 spiro atoms. The Morgan fingerprint density at radius 1 is 1.26 bits per heavy atom. The van der Waals surface area contributed by atoms with E-state index in [1.54, 1.807) is 0 Å². The number of nitrogens with one attached hydrogen (secondary N) is 1. The monoisotopic (exact) mass is 453 g/mol. The quantitative estimate of drug-likeness (QED) is 0.504. The first-order valence-electron chi connectivity index (χ1n) is 10.1. The topological polar surface area (TPSA) is 105 Å². The first-order chi connectivity index (χ1) is 14.4. The Bertz CT molecular complexity index is 1010. The summed E-state index contributed by atoms with van der Waals surface area (Å²) in [7, 11) is -2.79. The molecule has 2 aliphatic carbocycles. The number of hydrogen-bond acceptors (Lipinski definition) is 6. The maximum absolute atomic E-state index is 13.0. The molecule has 2 unspecified atom stereocenters. The number of likely N-dealkylation sites (N-methyl/N-ethyl adjacent to an activating group) is 1. The fraction of sp³-hybridized carbons (Fsp3) is 0.571. The minimum Gasteiger partial charge on any atom is -0.455 e. The molecular weight excluding hydrogens is 425 g/mol. The molecule has 1 aromatic rings. The van der Waals surface area contributed by atoms with Crippen LogP contribution in [0, 0.1) is 22.6 Å². The molecule has 3 rings (SSSR count). The molecular formula is C21H28FN3O5S. The lowest BCUT2D eigenvalue weighted by molar-refractivity contribution is -0.148. The largest absolute Gasteiger partial charge is 0.455 e. The molecule has 8 nitrogen and oxygen atoms in total. The SMILES string of the molecule is CN(CC(=O)OCC(=O)N/N=C1\CC2CCC1(C)C2(C)C)S(=O)(=O)c1ccc(F)cc1. The highest BCUT2D eigenvalue weighted by atomic mass is 32.2. The number of hydrogen-bond donors (Lipinski definition) is 1. The van der Waals surface area contributed by atoms with Gasteiger partial charge in [-0.1, -0.05) is 20.8 Å². The predicted molar refractivity (Wildman–Crippen MR) is 112 cm³/mol. The first kappa shape index (κ1) is 23.3. The van der Waals surface area contributed by atoms with Crippen LogP contribution >= 0.6 is 0 Å². The molecule has 0 heterocycles. The summed E-state index contributed by atoms with van der Waals surface area (Å²) in [6.07, 6.45) is 3.03. The van der Waals surface area contributed by atoms with Crippen molar-refractivity contribution < 1.29 is 27.1 Å². The van der Waals surface area contributed by atoms with Crippen LogP contribution in [0.5, 0.6) is 0 Å². The third-order valence-corrected chi connectivity index (χ3v) is 8.88. The van der Waals surface area contributed by atoms with Crippen molar-refractivity contribution in [3.63, 3.8) is 0 Å². The Kier molecular flexibility index (Phi) is 6.25. The Balaban J connectivity index is 1.50. The molecule has 2 aliphatic rings. The summed E-state index contributed by atoms with van der Waals surface area (Å²) in [5.74, 6) is -1.50. The number of hydrazone groups is 1. The van der Waals surface area contributed by atoms with Crippen LogP contribution in [-0.2, 0) is 24.3 Å². The van der Waals surface area contributed by atoms with Crippen molar-refractivity contribution in [1.82, 2.24) is 9.73 Å². The average molecular weight is 454 g/mol. The van der Waals surface area contributed by atoms with Crippen LogP contribution in [0.1, 0.15) is 40.0 Å². The Morgan fingerprint density at radius 2 is 1.90 bits per heavy atom. The van der Waals surface area contributed by atoms with Crippen LogP contribution in [0.2, 0.25) is 0 Å². The van der Waals surface area contributed by atoms with Crippen LogP contribution in [0.3, 0.4) is 0 Å². The summed E-state index contributed by atoms with van der Waals surface area (Å²) < 4.78 is 43.5. The molecule has 2 bridgehead atoms. The van der Waals surface area contributed by atoms with Crippen molar-refractivity contribution in [2.24, 2.45) is 21.8 Å². The van der Waals surface area contributed by atoms with E-state index in [4.69, 9.17) is 4.74 Å². The van der Waals surface area contributed by atoms with Gasteiger partial charge in [-0.3, -0.25) is 9.59 Å². The van der Waals surface area contributed by atoms with Gasteiger partial charge in [0.15, 0.2) is 6.61 Å². The molecule has 2 fully saturated rings. The number of sulfonamides is 1. The van der Waals surface area contributed by atoms with Crippen molar-refractivity contribution in [1.29, 1.82) is 0 Å². The zero-order chi connectivity index (χ0) is 23.0. The minimum absolute atomic E-state index is 0.0565. The second kappa shape index (κ2) is 8.31. The fourth-order valence-corrected chi connectivity index (χ4v) is 5.62. The third-order valence-electron chi connectivity index (χ3n) is 7.07. The Hall–Kier alpha value is -2.33. The lowest BCUT2D eigenvalue weighted by Crippen LogP contribution is -2.36. The maximum Gasteiger partial charge on any atom is 0.321 e. The fourth-order valence-electron chi connectivity index (χ4n) is 4.50. The molecule has 2 saturated carbocycles. The normalized spacial score (nSPS) is 25.7. The van der Waals surface area contributed by atoms with Crippen LogP contribution in [0.15, 0.2) is 34.3 Å². The van der Waals surface area contributed by atoms with E-state index in [1.165, 1.54) is 7.05 Å². The summed E-state index contributed by atoms with van der Waals surface area (Å²) in [6.45, 7) is 5.47. The summed E-state index contributed by atoms with van der Waals surface area (Å²) in [5, 5.41) is 4.29. The number of halogens is 1. The standard InChI is InChI=1S/C21H28FN3O5S/c1-20(2)14-9-10-21(20,3)17(11-14)23-24-18(26)13-30-19(27)12-25(4)31(28,29)16-7-5-15(22)6-8-16/h5-8,14H,9-13H2,1-4H3,(H,24,26)/b23-17+. The van der Waals surface area contributed by atoms with Crippen LogP contribution in [-0.4, -0.2) is 50.5 Å². The summed E-state index contributed by atoms with van der Waals surface area (Å²) >= 11 is 0. The van der Waals surface area contributed by atoms with Crippen molar-refractivity contribution >= 4 is 27.6 Å². The van der Waals surface area contributed by atoms with E-state index in [0.29, 0.717) is 5.92 Å². The first-order valence-corrected chi connectivity index (χ1v) is 11.6. The highest BCUT2D eigenvalue weighted by Gasteiger charge is 2.60. The molecule has 0 aromatic heterocycles. The van der Waals surface area contributed by atoms with E-state index in [0.717, 1.165) is 53.5 Å². The highest BCUT2D eigenvalue weighted by Crippen LogP contribution is 2.63. The zero-order valence-electron chi connectivity index (χ0n) is 18.1.